The maximum Gasteiger partial charge on any atom is 0.281 e. The highest BCUT2D eigenvalue weighted by Crippen LogP contribution is 2.35. The van der Waals surface area contributed by atoms with E-state index in [-0.39, 0.29) is 17.3 Å². The molecule has 2 aliphatic rings. The molecule has 3 aromatic rings. The van der Waals surface area contributed by atoms with Crippen LogP contribution in [0.1, 0.15) is 45.8 Å². The summed E-state index contributed by atoms with van der Waals surface area (Å²) in [5, 5.41) is 6.94. The van der Waals surface area contributed by atoms with Gasteiger partial charge >= 0.3 is 0 Å². The highest BCUT2D eigenvalue weighted by Gasteiger charge is 2.25. The van der Waals surface area contributed by atoms with Crippen molar-refractivity contribution < 1.29 is 9.18 Å². The van der Waals surface area contributed by atoms with E-state index < -0.39 is 5.91 Å². The number of hydrogen-bond acceptors (Lipinski definition) is 6. The number of piperidine rings is 1. The van der Waals surface area contributed by atoms with Crippen molar-refractivity contribution in [2.45, 2.75) is 25.7 Å². The number of anilines is 2. The number of hydrogen-bond donors (Lipinski definition) is 1. The van der Waals surface area contributed by atoms with Gasteiger partial charge in [-0.25, -0.2) is 24.7 Å². The molecular weight excluding hydrogens is 419 g/mol. The number of carbonyl (C=O) groups excluding carboxylic acids is 1. The molecule has 0 saturated carbocycles. The average Bonchev–Trinajstić information content (AvgIpc) is 2.82. The summed E-state index contributed by atoms with van der Waals surface area (Å²) in [5.74, 6) is -0.176. The van der Waals surface area contributed by atoms with Crippen molar-refractivity contribution in [1.29, 1.82) is 0 Å². The van der Waals surface area contributed by atoms with E-state index in [0.29, 0.717) is 28.3 Å². The van der Waals surface area contributed by atoms with E-state index in [1.165, 1.54) is 12.5 Å². The summed E-state index contributed by atoms with van der Waals surface area (Å²) >= 11 is 0. The summed E-state index contributed by atoms with van der Waals surface area (Å²) in [5.41, 5.74) is 4.59. The Labute approximate surface area is 191 Å². The fourth-order valence-corrected chi connectivity index (χ4v) is 4.52. The number of nitrogens with zero attached hydrogens (tertiary/aromatic N) is 5. The van der Waals surface area contributed by atoms with Gasteiger partial charge in [0, 0.05) is 24.2 Å². The van der Waals surface area contributed by atoms with Gasteiger partial charge in [-0.1, -0.05) is 0 Å². The third-order valence-corrected chi connectivity index (χ3v) is 6.33. The maximum atomic E-state index is 15.3. The van der Waals surface area contributed by atoms with Gasteiger partial charge in [0.2, 0.25) is 0 Å². The van der Waals surface area contributed by atoms with Crippen LogP contribution >= 0.6 is 0 Å². The van der Waals surface area contributed by atoms with Crippen molar-refractivity contribution >= 4 is 23.5 Å². The molecule has 1 amide bonds. The second-order valence-corrected chi connectivity index (χ2v) is 8.59. The number of likely N-dealkylation sites (tertiary alicyclic amines) is 1. The van der Waals surface area contributed by atoms with Gasteiger partial charge in [0.05, 0.1) is 16.9 Å². The molecule has 0 aliphatic carbocycles. The van der Waals surface area contributed by atoms with Gasteiger partial charge in [0.1, 0.15) is 18.0 Å². The molecule has 2 aromatic heterocycles. The molecule has 5 rings (SSSR count). The summed E-state index contributed by atoms with van der Waals surface area (Å²) in [6.07, 6.45) is 9.96. The summed E-state index contributed by atoms with van der Waals surface area (Å²) < 4.78 is 15.3. The molecule has 0 bridgehead atoms. The summed E-state index contributed by atoms with van der Waals surface area (Å²) in [6.45, 7) is 4.02. The number of aromatic nitrogens is 3. The summed E-state index contributed by atoms with van der Waals surface area (Å²) in [7, 11) is 2.11. The second-order valence-electron chi connectivity index (χ2n) is 8.59. The number of pyridine rings is 1. The van der Waals surface area contributed by atoms with Crippen LogP contribution in [0.5, 0.6) is 0 Å². The van der Waals surface area contributed by atoms with Crippen molar-refractivity contribution in [2.75, 3.05) is 25.5 Å². The number of rotatable bonds is 4. The van der Waals surface area contributed by atoms with E-state index in [4.69, 9.17) is 0 Å². The normalized spacial score (nSPS) is 16.4. The smallest absolute Gasteiger partial charge is 0.281 e. The lowest BCUT2D eigenvalue weighted by Gasteiger charge is -2.30. The molecule has 0 unspecified atom stereocenters. The first-order valence-electron chi connectivity index (χ1n) is 11.0. The number of benzene rings is 1. The Morgan fingerprint density at radius 1 is 1.12 bits per heavy atom. The average molecular weight is 444 g/mol. The van der Waals surface area contributed by atoms with Crippen LogP contribution < -0.4 is 10.6 Å². The van der Waals surface area contributed by atoms with Crippen LogP contribution in [0.3, 0.4) is 0 Å². The molecule has 4 heterocycles. The first kappa shape index (κ1) is 21.2. The molecule has 0 spiro atoms. The van der Waals surface area contributed by atoms with Crippen molar-refractivity contribution in [3.05, 3.63) is 71.2 Å². The van der Waals surface area contributed by atoms with Crippen LogP contribution in [-0.4, -0.2) is 45.9 Å². The zero-order valence-electron chi connectivity index (χ0n) is 18.5. The van der Waals surface area contributed by atoms with E-state index in [0.717, 1.165) is 37.1 Å². The Bertz CT molecular complexity index is 1240. The van der Waals surface area contributed by atoms with Crippen molar-refractivity contribution in [1.82, 2.24) is 25.2 Å². The Balaban J connectivity index is 1.53. The van der Waals surface area contributed by atoms with Gasteiger partial charge < -0.3 is 10.2 Å². The van der Waals surface area contributed by atoms with Gasteiger partial charge in [0.25, 0.3) is 5.91 Å². The molecule has 1 aromatic carbocycles. The molecule has 8 heteroatoms. The zero-order chi connectivity index (χ0) is 22.9. The maximum absolute atomic E-state index is 15.3. The van der Waals surface area contributed by atoms with Crippen molar-refractivity contribution in [3.63, 3.8) is 0 Å². The molecular formula is C25H24FN6O. The van der Waals surface area contributed by atoms with Crippen molar-refractivity contribution in [3.8, 4) is 11.3 Å². The zero-order valence-corrected chi connectivity index (χ0v) is 18.5. The Morgan fingerprint density at radius 3 is 2.64 bits per heavy atom. The lowest BCUT2D eigenvalue weighted by atomic mass is 9.86. The number of halogens is 1. The molecule has 2 aliphatic heterocycles. The lowest BCUT2D eigenvalue weighted by molar-refractivity contribution is 0.0965. The number of carbonyl (C=O) groups is 1. The van der Waals surface area contributed by atoms with Crippen LogP contribution in [0.2, 0.25) is 0 Å². The first-order valence-corrected chi connectivity index (χ1v) is 11.0. The number of fused-ring (bicyclic) bond motifs is 1. The molecule has 1 N–H and O–H groups in total. The van der Waals surface area contributed by atoms with E-state index in [2.05, 4.69) is 37.5 Å². The molecule has 0 atom stereocenters. The summed E-state index contributed by atoms with van der Waals surface area (Å²) in [6, 6.07) is 5.21. The topological polar surface area (TPSA) is 85.1 Å². The standard InChI is InChI=1S/C25H24FN6O/c1-15-9-22(20(26)11-19(15)16-4-7-32(2)8-5-16)31-24-23-17(3-6-29-25(23)33)10-21(30-24)18-12-27-14-28-13-18/h3,6,9-14,16H,4-5,7-8H2,1-2H3,(H,30,31). The highest BCUT2D eigenvalue weighted by atomic mass is 19.1. The van der Waals surface area contributed by atoms with Gasteiger partial charge in [-0.3, -0.25) is 4.79 Å². The van der Waals surface area contributed by atoms with Gasteiger partial charge in [-0.2, -0.15) is 0 Å². The van der Waals surface area contributed by atoms with E-state index in [1.807, 2.05) is 6.92 Å². The van der Waals surface area contributed by atoms with E-state index in [1.54, 1.807) is 36.7 Å². The molecule has 167 valence electrons. The Hall–Kier alpha value is -3.65. The third-order valence-electron chi connectivity index (χ3n) is 6.33. The monoisotopic (exact) mass is 443 g/mol. The Morgan fingerprint density at radius 2 is 1.88 bits per heavy atom. The van der Waals surface area contributed by atoms with Crippen LogP contribution in [0.4, 0.5) is 15.9 Å². The first-order chi connectivity index (χ1) is 16.0. The second kappa shape index (κ2) is 8.71. The molecule has 33 heavy (non-hydrogen) atoms. The predicted octanol–water partition coefficient (Wildman–Crippen LogP) is 4.27. The third kappa shape index (κ3) is 4.21. The van der Waals surface area contributed by atoms with Gasteiger partial charge in [-0.15, -0.1) is 0 Å². The van der Waals surface area contributed by atoms with E-state index >= 15 is 4.39 Å². The highest BCUT2D eigenvalue weighted by molar-refractivity contribution is 6.05. The minimum atomic E-state index is -0.418. The molecule has 1 saturated heterocycles. The predicted molar refractivity (Wildman–Crippen MR) is 125 cm³/mol. The minimum Gasteiger partial charge on any atom is -0.337 e. The van der Waals surface area contributed by atoms with Crippen LogP contribution in [0, 0.1) is 12.7 Å². The molecule has 7 nitrogen and oxygen atoms in total. The van der Waals surface area contributed by atoms with Gasteiger partial charge in [-0.05, 0) is 86.8 Å². The molecule has 1 fully saturated rings. The fourth-order valence-electron chi connectivity index (χ4n) is 4.52. The van der Waals surface area contributed by atoms with Crippen LogP contribution in [-0.2, 0) is 0 Å². The number of aryl methyl sites for hydroxylation is 1. The number of nitrogens with one attached hydrogen (secondary N) is 1. The van der Waals surface area contributed by atoms with Crippen LogP contribution in [0.15, 0.2) is 43.1 Å². The largest absolute Gasteiger partial charge is 0.337 e. The van der Waals surface area contributed by atoms with Crippen molar-refractivity contribution in [2.24, 2.45) is 0 Å². The Kier molecular flexibility index (Phi) is 5.60. The quantitative estimate of drug-likeness (QED) is 0.648. The fraction of sp³-hybridized carbons (Fsp3) is 0.280. The van der Waals surface area contributed by atoms with Crippen LogP contribution in [0.25, 0.3) is 17.3 Å². The van der Waals surface area contributed by atoms with Gasteiger partial charge in [0.15, 0.2) is 0 Å². The lowest BCUT2D eigenvalue weighted by Crippen LogP contribution is -2.29. The molecule has 1 radical (unpaired) electrons. The SMILES string of the molecule is Cc1cc(Nc2nc(-c3cncnc3)cc3c2C(=O)[N]C=C3)c(F)cc1C1CCN(C)CC1. The van der Waals surface area contributed by atoms with E-state index in [9.17, 15) is 4.79 Å². The minimum absolute atomic E-state index is 0.259. The summed E-state index contributed by atoms with van der Waals surface area (Å²) in [4.78, 5) is 27.6. The number of amides is 1.